The van der Waals surface area contributed by atoms with E-state index in [1.807, 2.05) is 37.3 Å². The first-order chi connectivity index (χ1) is 9.20. The first-order valence-electron chi connectivity index (χ1n) is 6.08. The lowest BCUT2D eigenvalue weighted by molar-refractivity contribution is 0.308. The normalized spacial score (nSPS) is 11.6. The number of anilines is 1. The van der Waals surface area contributed by atoms with E-state index in [0.29, 0.717) is 24.7 Å². The van der Waals surface area contributed by atoms with Crippen molar-refractivity contribution in [2.24, 2.45) is 12.0 Å². The predicted octanol–water partition coefficient (Wildman–Crippen LogP) is 0.897. The van der Waals surface area contributed by atoms with Crippen molar-refractivity contribution in [1.29, 1.82) is 0 Å². The van der Waals surface area contributed by atoms with Crippen LogP contribution in [0.25, 0.3) is 0 Å². The topological polar surface area (TPSA) is 78.3 Å². The fourth-order valence-corrected chi connectivity index (χ4v) is 1.54. The average molecular weight is 259 g/mol. The molecule has 6 nitrogen and oxygen atoms in total. The van der Waals surface area contributed by atoms with Gasteiger partial charge >= 0.3 is 6.01 Å². The van der Waals surface area contributed by atoms with Crippen molar-refractivity contribution in [1.82, 2.24) is 14.5 Å². The zero-order valence-corrected chi connectivity index (χ0v) is 11.1. The molecule has 0 spiro atoms. The summed E-state index contributed by atoms with van der Waals surface area (Å²) in [6.45, 7) is 2.90. The van der Waals surface area contributed by atoms with E-state index in [1.165, 1.54) is 0 Å². The first kappa shape index (κ1) is 13.1. The molecule has 0 saturated heterocycles. The Bertz CT molecular complexity index is 606. The van der Waals surface area contributed by atoms with E-state index < -0.39 is 0 Å². The minimum atomic E-state index is 0.255. The summed E-state index contributed by atoms with van der Waals surface area (Å²) in [6.07, 6.45) is 0. The molecule has 2 N–H and O–H groups in total. The van der Waals surface area contributed by atoms with E-state index in [9.17, 15) is 0 Å². The van der Waals surface area contributed by atoms with E-state index >= 15 is 0 Å². The summed E-state index contributed by atoms with van der Waals surface area (Å²) in [7, 11) is 1.77. The molecule has 0 amide bonds. The SMILES string of the molecule is CCOc1nc(N)n(C)c(=NCc2ccccc2)n1. The van der Waals surface area contributed by atoms with Crippen LogP contribution in [0.5, 0.6) is 6.01 Å². The fourth-order valence-electron chi connectivity index (χ4n) is 1.54. The number of hydrogen-bond acceptors (Lipinski definition) is 5. The van der Waals surface area contributed by atoms with Gasteiger partial charge in [-0.05, 0) is 12.5 Å². The summed E-state index contributed by atoms with van der Waals surface area (Å²) in [5.74, 6) is 0.324. The van der Waals surface area contributed by atoms with Gasteiger partial charge in [-0.3, -0.25) is 4.57 Å². The lowest BCUT2D eigenvalue weighted by atomic mass is 10.2. The smallest absolute Gasteiger partial charge is 0.322 e. The van der Waals surface area contributed by atoms with E-state index in [-0.39, 0.29) is 6.01 Å². The van der Waals surface area contributed by atoms with Gasteiger partial charge in [0.2, 0.25) is 11.6 Å². The minimum Gasteiger partial charge on any atom is -0.464 e. The van der Waals surface area contributed by atoms with Crippen LogP contribution >= 0.6 is 0 Å². The van der Waals surface area contributed by atoms with Crippen molar-refractivity contribution in [3.63, 3.8) is 0 Å². The molecule has 19 heavy (non-hydrogen) atoms. The maximum absolute atomic E-state index is 5.79. The standard InChI is InChI=1S/C13H17N5O/c1-3-19-13-16-11(14)18(2)12(17-13)15-9-10-7-5-4-6-8-10/h4-8H,3,9H2,1-2H3,(H2,14,15,16,17). The lowest BCUT2D eigenvalue weighted by Crippen LogP contribution is -2.26. The molecule has 0 fully saturated rings. The summed E-state index contributed by atoms with van der Waals surface area (Å²) in [6, 6.07) is 10.2. The van der Waals surface area contributed by atoms with Gasteiger partial charge in [0.25, 0.3) is 0 Å². The zero-order valence-electron chi connectivity index (χ0n) is 11.1. The highest BCUT2D eigenvalue weighted by molar-refractivity contribution is 5.18. The lowest BCUT2D eigenvalue weighted by Gasteiger charge is -2.06. The van der Waals surface area contributed by atoms with Gasteiger partial charge in [0.15, 0.2) is 0 Å². The molecule has 0 radical (unpaired) electrons. The van der Waals surface area contributed by atoms with Gasteiger partial charge in [0, 0.05) is 7.05 Å². The molecule has 0 aliphatic carbocycles. The Morgan fingerprint density at radius 3 is 2.68 bits per heavy atom. The number of ether oxygens (including phenoxy) is 1. The van der Waals surface area contributed by atoms with Crippen molar-refractivity contribution in [3.05, 3.63) is 41.5 Å². The monoisotopic (exact) mass is 259 g/mol. The third-order valence-corrected chi connectivity index (χ3v) is 2.57. The van der Waals surface area contributed by atoms with Gasteiger partial charge < -0.3 is 10.5 Å². The second kappa shape index (κ2) is 5.99. The molecule has 100 valence electrons. The number of nitrogens with two attached hydrogens (primary N) is 1. The van der Waals surface area contributed by atoms with E-state index in [0.717, 1.165) is 5.56 Å². The molecular weight excluding hydrogens is 242 g/mol. The van der Waals surface area contributed by atoms with Crippen LogP contribution < -0.4 is 16.1 Å². The first-order valence-corrected chi connectivity index (χ1v) is 6.08. The molecule has 2 rings (SSSR count). The van der Waals surface area contributed by atoms with Crippen molar-refractivity contribution in [2.45, 2.75) is 13.5 Å². The molecule has 0 aliphatic rings. The van der Waals surface area contributed by atoms with E-state index in [4.69, 9.17) is 10.5 Å². The molecule has 1 aromatic carbocycles. The quantitative estimate of drug-likeness (QED) is 0.884. The molecule has 1 aromatic heterocycles. The van der Waals surface area contributed by atoms with E-state index in [1.54, 1.807) is 11.6 Å². The Hall–Kier alpha value is -2.37. The maximum Gasteiger partial charge on any atom is 0.322 e. The van der Waals surface area contributed by atoms with E-state index in [2.05, 4.69) is 15.0 Å². The zero-order chi connectivity index (χ0) is 13.7. The highest BCUT2D eigenvalue weighted by Gasteiger charge is 2.03. The van der Waals surface area contributed by atoms with Crippen molar-refractivity contribution >= 4 is 5.95 Å². The molecule has 0 unspecified atom stereocenters. The Morgan fingerprint density at radius 2 is 2.00 bits per heavy atom. The summed E-state index contributed by atoms with van der Waals surface area (Å²) in [4.78, 5) is 12.7. The average Bonchev–Trinajstić information content (AvgIpc) is 2.42. The number of nitrogen functional groups attached to an aromatic ring is 1. The number of aromatic nitrogens is 3. The third kappa shape index (κ3) is 3.31. The van der Waals surface area contributed by atoms with Crippen LogP contribution in [0.4, 0.5) is 5.95 Å². The molecule has 0 atom stereocenters. The summed E-state index contributed by atoms with van der Waals surface area (Å²) >= 11 is 0. The predicted molar refractivity (Wildman–Crippen MR) is 72.3 cm³/mol. The van der Waals surface area contributed by atoms with Crippen molar-refractivity contribution in [3.8, 4) is 6.01 Å². The third-order valence-electron chi connectivity index (χ3n) is 2.57. The van der Waals surface area contributed by atoms with Crippen LogP contribution in [0.1, 0.15) is 12.5 Å². The van der Waals surface area contributed by atoms with Crippen LogP contribution in [0, 0.1) is 0 Å². The Labute approximate surface area is 111 Å². The summed E-state index contributed by atoms with van der Waals surface area (Å²) in [5, 5.41) is 0. The summed E-state index contributed by atoms with van der Waals surface area (Å²) < 4.78 is 6.89. The highest BCUT2D eigenvalue weighted by atomic mass is 16.5. The van der Waals surface area contributed by atoms with Crippen LogP contribution in [0.3, 0.4) is 0 Å². The number of nitrogens with zero attached hydrogens (tertiary/aromatic N) is 4. The maximum atomic E-state index is 5.79. The summed E-state index contributed by atoms with van der Waals surface area (Å²) in [5.41, 5.74) is 7.40. The fraction of sp³-hybridized carbons (Fsp3) is 0.308. The van der Waals surface area contributed by atoms with Crippen LogP contribution in [0.2, 0.25) is 0 Å². The van der Waals surface area contributed by atoms with Crippen molar-refractivity contribution < 1.29 is 4.74 Å². The number of benzene rings is 1. The van der Waals surface area contributed by atoms with Crippen LogP contribution in [-0.4, -0.2) is 21.1 Å². The molecule has 6 heteroatoms. The van der Waals surface area contributed by atoms with Crippen molar-refractivity contribution in [2.75, 3.05) is 12.3 Å². The number of rotatable bonds is 4. The van der Waals surface area contributed by atoms with Gasteiger partial charge in [-0.25, -0.2) is 4.99 Å². The second-order valence-corrected chi connectivity index (χ2v) is 3.96. The van der Waals surface area contributed by atoms with Gasteiger partial charge in [0.05, 0.1) is 13.2 Å². The second-order valence-electron chi connectivity index (χ2n) is 3.96. The van der Waals surface area contributed by atoms with Gasteiger partial charge in [-0.2, -0.15) is 9.97 Å². The molecular formula is C13H17N5O. The Morgan fingerprint density at radius 1 is 1.26 bits per heavy atom. The van der Waals surface area contributed by atoms with Crippen LogP contribution in [0.15, 0.2) is 35.3 Å². The van der Waals surface area contributed by atoms with Gasteiger partial charge in [-0.1, -0.05) is 30.3 Å². The molecule has 0 aliphatic heterocycles. The van der Waals surface area contributed by atoms with Crippen LogP contribution in [-0.2, 0) is 13.6 Å². The number of hydrogen-bond donors (Lipinski definition) is 1. The molecule has 2 aromatic rings. The van der Waals surface area contributed by atoms with Gasteiger partial charge in [-0.15, -0.1) is 0 Å². The largest absolute Gasteiger partial charge is 0.464 e. The minimum absolute atomic E-state index is 0.255. The molecule has 0 saturated carbocycles. The molecule has 0 bridgehead atoms. The molecule has 1 heterocycles. The highest BCUT2D eigenvalue weighted by Crippen LogP contribution is 2.02. The van der Waals surface area contributed by atoms with Gasteiger partial charge in [0.1, 0.15) is 0 Å². The Balaban J connectivity index is 2.32. The Kier molecular flexibility index (Phi) is 4.12.